The molecule has 1 fully saturated rings. The van der Waals surface area contributed by atoms with Crippen molar-refractivity contribution >= 4 is 23.6 Å². The molecule has 5 heteroatoms. The van der Waals surface area contributed by atoms with Crippen LogP contribution in [0.5, 0.6) is 0 Å². The highest BCUT2D eigenvalue weighted by Gasteiger charge is 2.24. The van der Waals surface area contributed by atoms with Gasteiger partial charge in [0.15, 0.2) is 0 Å². The molecule has 0 atom stereocenters. The number of hydrogen-bond acceptors (Lipinski definition) is 3. The molecule has 0 radical (unpaired) electrons. The van der Waals surface area contributed by atoms with Crippen molar-refractivity contribution in [2.75, 3.05) is 18.8 Å². The zero-order chi connectivity index (χ0) is 19.9. The van der Waals surface area contributed by atoms with E-state index in [1.165, 1.54) is 5.56 Å². The summed E-state index contributed by atoms with van der Waals surface area (Å²) >= 11 is 1.88. The highest BCUT2D eigenvalue weighted by molar-refractivity contribution is 7.98. The fourth-order valence-corrected chi connectivity index (χ4v) is 4.34. The molecule has 1 saturated heterocycles. The Morgan fingerprint density at radius 2 is 1.75 bits per heavy atom. The van der Waals surface area contributed by atoms with Crippen molar-refractivity contribution in [1.82, 2.24) is 4.90 Å². The second-order valence-corrected chi connectivity index (χ2v) is 8.51. The fourth-order valence-electron chi connectivity index (χ4n) is 3.70. The van der Waals surface area contributed by atoms with Gasteiger partial charge in [-0.1, -0.05) is 37.3 Å². The van der Waals surface area contributed by atoms with Gasteiger partial charge in [-0.15, -0.1) is 0 Å². The first-order chi connectivity index (χ1) is 13.6. The fraction of sp³-hybridized carbons (Fsp3) is 0.391. The van der Waals surface area contributed by atoms with E-state index in [0.717, 1.165) is 55.0 Å². The minimum Gasteiger partial charge on any atom is -0.478 e. The van der Waals surface area contributed by atoms with Crippen LogP contribution in [-0.4, -0.2) is 40.7 Å². The van der Waals surface area contributed by atoms with Gasteiger partial charge in [0.05, 0.1) is 5.56 Å². The van der Waals surface area contributed by atoms with Crippen molar-refractivity contribution in [1.29, 1.82) is 0 Å². The topological polar surface area (TPSA) is 57.6 Å². The van der Waals surface area contributed by atoms with Crippen molar-refractivity contribution < 1.29 is 14.7 Å². The Balaban J connectivity index is 1.55. The minimum atomic E-state index is -0.871. The van der Waals surface area contributed by atoms with Crippen LogP contribution in [0.15, 0.2) is 48.5 Å². The monoisotopic (exact) mass is 397 g/mol. The number of piperidine rings is 1. The summed E-state index contributed by atoms with van der Waals surface area (Å²) in [7, 11) is 0. The molecule has 148 valence electrons. The Kier molecular flexibility index (Phi) is 7.15. The molecule has 0 spiro atoms. The quantitative estimate of drug-likeness (QED) is 0.734. The number of benzene rings is 2. The summed E-state index contributed by atoms with van der Waals surface area (Å²) in [4.78, 5) is 26.1. The largest absolute Gasteiger partial charge is 0.478 e. The Hall–Kier alpha value is -2.27. The average Bonchev–Trinajstić information content (AvgIpc) is 2.73. The van der Waals surface area contributed by atoms with Gasteiger partial charge in [-0.05, 0) is 60.3 Å². The summed E-state index contributed by atoms with van der Waals surface area (Å²) < 4.78 is 0. The molecule has 4 nitrogen and oxygen atoms in total. The van der Waals surface area contributed by atoms with Crippen LogP contribution in [0.1, 0.15) is 51.6 Å². The van der Waals surface area contributed by atoms with E-state index in [-0.39, 0.29) is 5.91 Å². The number of aromatic carboxylic acids is 1. The van der Waals surface area contributed by atoms with E-state index in [1.54, 1.807) is 12.1 Å². The van der Waals surface area contributed by atoms with E-state index in [1.807, 2.05) is 53.1 Å². The van der Waals surface area contributed by atoms with Crippen LogP contribution in [0, 0.1) is 5.92 Å². The molecule has 0 aromatic heterocycles. The van der Waals surface area contributed by atoms with E-state index in [9.17, 15) is 14.7 Å². The van der Waals surface area contributed by atoms with Crippen molar-refractivity contribution in [3.63, 3.8) is 0 Å². The number of carbonyl (C=O) groups excluding carboxylic acids is 1. The van der Waals surface area contributed by atoms with Gasteiger partial charge in [-0.3, -0.25) is 4.79 Å². The summed E-state index contributed by atoms with van der Waals surface area (Å²) in [6.45, 7) is 3.60. The third kappa shape index (κ3) is 5.16. The lowest BCUT2D eigenvalue weighted by molar-refractivity contribution is 0.0690. The van der Waals surface area contributed by atoms with Gasteiger partial charge in [0.25, 0.3) is 5.91 Å². The van der Waals surface area contributed by atoms with Crippen LogP contribution in [0.4, 0.5) is 0 Å². The molecule has 2 aromatic rings. The molecule has 1 aliphatic heterocycles. The molecule has 1 N–H and O–H groups in total. The van der Waals surface area contributed by atoms with Gasteiger partial charge >= 0.3 is 5.97 Å². The third-order valence-corrected chi connectivity index (χ3v) is 6.28. The molecule has 1 heterocycles. The van der Waals surface area contributed by atoms with E-state index in [4.69, 9.17) is 0 Å². The minimum absolute atomic E-state index is 0.0964. The first-order valence-electron chi connectivity index (χ1n) is 9.85. The summed E-state index contributed by atoms with van der Waals surface area (Å²) in [5.41, 5.74) is 3.28. The van der Waals surface area contributed by atoms with Crippen molar-refractivity contribution in [3.05, 3.63) is 70.8 Å². The Morgan fingerprint density at radius 3 is 2.39 bits per heavy atom. The number of carboxylic acid groups (broad SMARTS) is 1. The van der Waals surface area contributed by atoms with Crippen LogP contribution in [0.3, 0.4) is 0 Å². The van der Waals surface area contributed by atoms with Crippen LogP contribution in [0.25, 0.3) is 0 Å². The van der Waals surface area contributed by atoms with Crippen LogP contribution < -0.4 is 0 Å². The van der Waals surface area contributed by atoms with Gasteiger partial charge in [-0.2, -0.15) is 11.8 Å². The number of rotatable bonds is 7. The van der Waals surface area contributed by atoms with Gasteiger partial charge in [-0.25, -0.2) is 4.79 Å². The number of thioether (sulfide) groups is 1. The number of hydrogen-bond donors (Lipinski definition) is 1. The summed E-state index contributed by atoms with van der Waals surface area (Å²) in [6.07, 6.45) is 2.57. The first-order valence-corrected chi connectivity index (χ1v) is 11.0. The lowest BCUT2D eigenvalue weighted by Gasteiger charge is -2.32. The van der Waals surface area contributed by atoms with Crippen molar-refractivity contribution in [3.8, 4) is 0 Å². The second kappa shape index (κ2) is 9.78. The maximum absolute atomic E-state index is 12.8. The van der Waals surface area contributed by atoms with Gasteiger partial charge in [0.1, 0.15) is 0 Å². The maximum Gasteiger partial charge on any atom is 0.335 e. The van der Waals surface area contributed by atoms with Gasteiger partial charge in [0, 0.05) is 24.4 Å². The zero-order valence-electron chi connectivity index (χ0n) is 16.3. The van der Waals surface area contributed by atoms with Crippen LogP contribution in [-0.2, 0) is 12.2 Å². The van der Waals surface area contributed by atoms with Crippen molar-refractivity contribution in [2.24, 2.45) is 5.92 Å². The molecule has 0 unspecified atom stereocenters. The van der Waals surface area contributed by atoms with E-state index < -0.39 is 5.97 Å². The SMILES string of the molecule is CCSCc1ccc(C(=O)N2CCC(Cc3ccccc3C(=O)O)CC2)cc1. The van der Waals surface area contributed by atoms with E-state index in [0.29, 0.717) is 11.5 Å². The van der Waals surface area contributed by atoms with Gasteiger partial charge in [0.2, 0.25) is 0 Å². The average molecular weight is 398 g/mol. The molecule has 28 heavy (non-hydrogen) atoms. The second-order valence-electron chi connectivity index (χ2n) is 7.24. The predicted octanol–water partition coefficient (Wildman–Crippen LogP) is 4.73. The standard InChI is InChI=1S/C23H27NO3S/c1-2-28-16-18-7-9-19(10-8-18)22(25)24-13-11-17(12-14-24)15-20-5-3-4-6-21(20)23(26)27/h3-10,17H,2,11-16H2,1H3,(H,26,27). The highest BCUT2D eigenvalue weighted by Crippen LogP contribution is 2.25. The molecule has 3 rings (SSSR count). The Labute approximate surface area is 170 Å². The number of carboxylic acids is 1. The summed E-state index contributed by atoms with van der Waals surface area (Å²) in [5, 5.41) is 9.35. The molecule has 2 aromatic carbocycles. The molecule has 1 aliphatic rings. The van der Waals surface area contributed by atoms with Crippen LogP contribution in [0.2, 0.25) is 0 Å². The smallest absolute Gasteiger partial charge is 0.335 e. The predicted molar refractivity (Wildman–Crippen MR) is 114 cm³/mol. The lowest BCUT2D eigenvalue weighted by atomic mass is 9.88. The highest BCUT2D eigenvalue weighted by atomic mass is 32.2. The molecule has 0 saturated carbocycles. The van der Waals surface area contributed by atoms with Gasteiger partial charge < -0.3 is 10.0 Å². The number of nitrogens with zero attached hydrogens (tertiary/aromatic N) is 1. The molecule has 1 amide bonds. The number of carbonyl (C=O) groups is 2. The maximum atomic E-state index is 12.8. The Morgan fingerprint density at radius 1 is 1.07 bits per heavy atom. The molecule has 0 aliphatic carbocycles. The number of likely N-dealkylation sites (tertiary alicyclic amines) is 1. The van der Waals surface area contributed by atoms with Crippen molar-refractivity contribution in [2.45, 2.75) is 31.9 Å². The third-order valence-electron chi connectivity index (χ3n) is 5.33. The first kappa shape index (κ1) is 20.5. The summed E-state index contributed by atoms with van der Waals surface area (Å²) in [5.74, 6) is 1.71. The Bertz CT molecular complexity index is 811. The van der Waals surface area contributed by atoms with E-state index >= 15 is 0 Å². The zero-order valence-corrected chi connectivity index (χ0v) is 17.1. The van der Waals surface area contributed by atoms with E-state index in [2.05, 4.69) is 6.92 Å². The normalized spacial score (nSPS) is 14.8. The molecule has 0 bridgehead atoms. The molecular weight excluding hydrogens is 370 g/mol. The molecular formula is C23H27NO3S. The number of amides is 1. The lowest BCUT2D eigenvalue weighted by Crippen LogP contribution is -2.39. The van der Waals surface area contributed by atoms with Crippen LogP contribution >= 0.6 is 11.8 Å². The summed E-state index contributed by atoms with van der Waals surface area (Å²) in [6, 6.07) is 15.2.